The summed E-state index contributed by atoms with van der Waals surface area (Å²) in [7, 11) is -3.43. The van der Waals surface area contributed by atoms with Gasteiger partial charge in [0.1, 0.15) is 4.90 Å². The van der Waals surface area contributed by atoms with E-state index in [1.165, 1.54) is 0 Å². The lowest BCUT2D eigenvalue weighted by atomic mass is 10.3. The third-order valence-corrected chi connectivity index (χ3v) is 7.25. The van der Waals surface area contributed by atoms with Crippen LogP contribution < -0.4 is 0 Å². The summed E-state index contributed by atoms with van der Waals surface area (Å²) in [5.74, 6) is 0.879. The molecule has 0 bridgehead atoms. The second-order valence-corrected chi connectivity index (χ2v) is 8.16. The van der Waals surface area contributed by atoms with Gasteiger partial charge in [0.25, 0.3) is 0 Å². The van der Waals surface area contributed by atoms with Crippen molar-refractivity contribution in [1.82, 2.24) is 14.1 Å². The number of sulfonamides is 1. The minimum atomic E-state index is -3.43. The lowest BCUT2D eigenvalue weighted by Gasteiger charge is -2.23. The monoisotopic (exact) mass is 317 g/mol. The van der Waals surface area contributed by atoms with Gasteiger partial charge in [-0.1, -0.05) is 13.3 Å². The van der Waals surface area contributed by atoms with Crippen LogP contribution in [0.25, 0.3) is 0 Å². The van der Waals surface area contributed by atoms with Crippen LogP contribution in [0.1, 0.15) is 38.1 Å². The topological polar surface area (TPSA) is 55.2 Å². The summed E-state index contributed by atoms with van der Waals surface area (Å²) in [6.45, 7) is 8.98. The SMILES string of the molecule is CCCC1SCCN1S(=O)(=O)c1c(C)nn(CC)c1C. The van der Waals surface area contributed by atoms with Crippen LogP contribution in [0, 0.1) is 13.8 Å². The van der Waals surface area contributed by atoms with Crippen LogP contribution in [0.4, 0.5) is 0 Å². The van der Waals surface area contributed by atoms with E-state index in [1.54, 1.807) is 27.7 Å². The van der Waals surface area contributed by atoms with E-state index in [4.69, 9.17) is 0 Å². The van der Waals surface area contributed by atoms with E-state index < -0.39 is 10.0 Å². The maximum absolute atomic E-state index is 12.9. The zero-order valence-electron chi connectivity index (χ0n) is 12.6. The van der Waals surface area contributed by atoms with Gasteiger partial charge in [0, 0.05) is 18.8 Å². The van der Waals surface area contributed by atoms with Gasteiger partial charge in [0.15, 0.2) is 0 Å². The molecule has 0 spiro atoms. The Hall–Kier alpha value is -0.530. The number of nitrogens with zero attached hydrogens (tertiary/aromatic N) is 3. The largest absolute Gasteiger partial charge is 0.268 e. The molecule has 1 saturated heterocycles. The highest BCUT2D eigenvalue weighted by molar-refractivity contribution is 8.01. The van der Waals surface area contributed by atoms with Crippen molar-refractivity contribution in [3.8, 4) is 0 Å². The zero-order valence-corrected chi connectivity index (χ0v) is 14.2. The predicted molar refractivity (Wildman–Crippen MR) is 82.4 cm³/mol. The molecule has 0 aromatic carbocycles. The summed E-state index contributed by atoms with van der Waals surface area (Å²) < 4.78 is 29.3. The fourth-order valence-electron chi connectivity index (χ4n) is 2.73. The first-order valence-corrected chi connectivity index (χ1v) is 9.59. The molecular weight excluding hydrogens is 294 g/mol. The molecular formula is C13H23N3O2S2. The number of aryl methyl sites for hydroxylation is 2. The fraction of sp³-hybridized carbons (Fsp3) is 0.769. The Morgan fingerprint density at radius 3 is 2.60 bits per heavy atom. The van der Waals surface area contributed by atoms with E-state index in [0.717, 1.165) is 24.3 Å². The van der Waals surface area contributed by atoms with Gasteiger partial charge < -0.3 is 0 Å². The summed E-state index contributed by atoms with van der Waals surface area (Å²) in [5.41, 5.74) is 1.36. The molecule has 1 atom stereocenters. The van der Waals surface area contributed by atoms with E-state index in [9.17, 15) is 8.42 Å². The van der Waals surface area contributed by atoms with Gasteiger partial charge in [-0.2, -0.15) is 9.40 Å². The van der Waals surface area contributed by atoms with Gasteiger partial charge in [0.2, 0.25) is 10.0 Å². The highest BCUT2D eigenvalue weighted by Crippen LogP contribution is 2.34. The number of aromatic nitrogens is 2. The van der Waals surface area contributed by atoms with Crippen molar-refractivity contribution in [2.24, 2.45) is 0 Å². The number of hydrogen-bond donors (Lipinski definition) is 0. The number of thioether (sulfide) groups is 1. The molecule has 0 radical (unpaired) electrons. The zero-order chi connectivity index (χ0) is 14.9. The maximum atomic E-state index is 12.9. The molecule has 5 nitrogen and oxygen atoms in total. The van der Waals surface area contributed by atoms with Gasteiger partial charge >= 0.3 is 0 Å². The Kier molecular flexibility index (Phi) is 4.81. The van der Waals surface area contributed by atoms with E-state index in [1.807, 2.05) is 13.8 Å². The van der Waals surface area contributed by atoms with E-state index in [-0.39, 0.29) is 5.37 Å². The molecule has 7 heteroatoms. The molecule has 114 valence electrons. The van der Waals surface area contributed by atoms with Crippen LogP contribution in [0.15, 0.2) is 4.90 Å². The number of hydrogen-bond acceptors (Lipinski definition) is 4. The van der Waals surface area contributed by atoms with Gasteiger partial charge in [-0.3, -0.25) is 4.68 Å². The molecule has 2 heterocycles. The molecule has 1 unspecified atom stereocenters. The molecule has 1 aromatic heterocycles. The fourth-order valence-corrected chi connectivity index (χ4v) is 6.49. The third kappa shape index (κ3) is 2.63. The van der Waals surface area contributed by atoms with E-state index >= 15 is 0 Å². The average molecular weight is 317 g/mol. The Labute approximate surface area is 125 Å². The van der Waals surface area contributed by atoms with Crippen molar-refractivity contribution in [3.05, 3.63) is 11.4 Å². The smallest absolute Gasteiger partial charge is 0.247 e. The lowest BCUT2D eigenvalue weighted by Crippen LogP contribution is -2.35. The normalized spacial score (nSPS) is 20.7. The first-order chi connectivity index (χ1) is 9.43. The molecule has 1 aromatic rings. The van der Waals surface area contributed by atoms with Crippen LogP contribution in [0.3, 0.4) is 0 Å². The van der Waals surface area contributed by atoms with Crippen molar-refractivity contribution in [3.63, 3.8) is 0 Å². The standard InChI is InChI=1S/C13H23N3O2S2/c1-5-7-12-16(8-9-19-12)20(17,18)13-10(3)14-15(6-2)11(13)4/h12H,5-9H2,1-4H3. The van der Waals surface area contributed by atoms with Crippen molar-refractivity contribution in [1.29, 1.82) is 0 Å². The maximum Gasteiger partial charge on any atom is 0.247 e. The van der Waals surface area contributed by atoms with E-state index in [0.29, 0.717) is 23.7 Å². The Bertz CT molecular complexity index is 581. The van der Waals surface area contributed by atoms with Gasteiger partial charge in [0.05, 0.1) is 16.8 Å². The summed E-state index contributed by atoms with van der Waals surface area (Å²) in [6.07, 6.45) is 1.90. The summed E-state index contributed by atoms with van der Waals surface area (Å²) in [6, 6.07) is 0. The molecule has 1 aliphatic heterocycles. The summed E-state index contributed by atoms with van der Waals surface area (Å²) in [4.78, 5) is 0.406. The highest BCUT2D eigenvalue weighted by atomic mass is 32.2. The van der Waals surface area contributed by atoms with Crippen molar-refractivity contribution < 1.29 is 8.42 Å². The Morgan fingerprint density at radius 2 is 2.05 bits per heavy atom. The minimum absolute atomic E-state index is 0.0776. The molecule has 0 aliphatic carbocycles. The Balaban J connectivity index is 2.42. The average Bonchev–Trinajstić information content (AvgIpc) is 2.95. The molecule has 0 N–H and O–H groups in total. The van der Waals surface area contributed by atoms with Crippen molar-refractivity contribution >= 4 is 21.8 Å². The van der Waals surface area contributed by atoms with Crippen LogP contribution >= 0.6 is 11.8 Å². The Morgan fingerprint density at radius 1 is 1.35 bits per heavy atom. The second kappa shape index (κ2) is 6.07. The summed E-state index contributed by atoms with van der Waals surface area (Å²) >= 11 is 1.74. The predicted octanol–water partition coefficient (Wildman–Crippen LogP) is 2.38. The van der Waals surface area contributed by atoms with Crippen molar-refractivity contribution in [2.45, 2.75) is 57.4 Å². The van der Waals surface area contributed by atoms with Crippen LogP contribution in [0.2, 0.25) is 0 Å². The minimum Gasteiger partial charge on any atom is -0.268 e. The van der Waals surface area contributed by atoms with Gasteiger partial charge in [-0.05, 0) is 27.2 Å². The molecule has 0 saturated carbocycles. The quantitative estimate of drug-likeness (QED) is 0.837. The third-order valence-electron chi connectivity index (χ3n) is 3.66. The first kappa shape index (κ1) is 15.9. The molecule has 1 fully saturated rings. The highest BCUT2D eigenvalue weighted by Gasteiger charge is 2.38. The summed E-state index contributed by atoms with van der Waals surface area (Å²) in [5, 5.41) is 4.42. The van der Waals surface area contributed by atoms with E-state index in [2.05, 4.69) is 12.0 Å². The number of rotatable bonds is 5. The van der Waals surface area contributed by atoms with Crippen LogP contribution in [-0.4, -0.2) is 40.2 Å². The molecule has 20 heavy (non-hydrogen) atoms. The van der Waals surface area contributed by atoms with Crippen LogP contribution in [-0.2, 0) is 16.6 Å². The molecule has 1 aliphatic rings. The molecule has 0 amide bonds. The van der Waals surface area contributed by atoms with Gasteiger partial charge in [-0.25, -0.2) is 8.42 Å². The molecule has 2 rings (SSSR count). The second-order valence-electron chi connectivity index (χ2n) is 5.05. The first-order valence-electron chi connectivity index (χ1n) is 7.10. The van der Waals surface area contributed by atoms with Crippen LogP contribution in [0.5, 0.6) is 0 Å². The lowest BCUT2D eigenvalue weighted by molar-refractivity contribution is 0.411. The van der Waals surface area contributed by atoms with Crippen molar-refractivity contribution in [2.75, 3.05) is 12.3 Å². The van der Waals surface area contributed by atoms with Gasteiger partial charge in [-0.15, -0.1) is 11.8 Å².